The predicted octanol–water partition coefficient (Wildman–Crippen LogP) is 4.74. The summed E-state index contributed by atoms with van der Waals surface area (Å²) in [6.07, 6.45) is 1.47. The normalized spacial score (nSPS) is 13.1. The standard InChI is InChI=1S/C24H24N2O/c1-18-6-8-19(9-7-18)16-24(27)25-22-10-12-23(13-11-22)26-15-14-20-4-2-3-5-21(20)17-26/h2-13H,14-17H2,1H3,(H,25,27). The van der Waals surface area contributed by atoms with Crippen molar-refractivity contribution in [1.82, 2.24) is 0 Å². The lowest BCUT2D eigenvalue weighted by Gasteiger charge is -2.30. The van der Waals surface area contributed by atoms with E-state index in [1.807, 2.05) is 43.3 Å². The summed E-state index contributed by atoms with van der Waals surface area (Å²) in [7, 11) is 0. The van der Waals surface area contributed by atoms with Crippen molar-refractivity contribution in [2.24, 2.45) is 0 Å². The molecular formula is C24H24N2O. The quantitative estimate of drug-likeness (QED) is 0.732. The minimum absolute atomic E-state index is 0.0125. The van der Waals surface area contributed by atoms with E-state index in [0.29, 0.717) is 6.42 Å². The van der Waals surface area contributed by atoms with Gasteiger partial charge >= 0.3 is 0 Å². The van der Waals surface area contributed by atoms with Crippen LogP contribution in [-0.2, 0) is 24.2 Å². The second-order valence-corrected chi connectivity index (χ2v) is 7.20. The van der Waals surface area contributed by atoms with E-state index >= 15 is 0 Å². The fraction of sp³-hybridized carbons (Fsp3) is 0.208. The summed E-state index contributed by atoms with van der Waals surface area (Å²) >= 11 is 0. The topological polar surface area (TPSA) is 32.3 Å². The molecule has 0 aromatic heterocycles. The van der Waals surface area contributed by atoms with Gasteiger partial charge in [-0.05, 0) is 54.3 Å². The summed E-state index contributed by atoms with van der Waals surface area (Å²) in [5.74, 6) is 0.0125. The van der Waals surface area contributed by atoms with Gasteiger partial charge in [0.2, 0.25) is 5.91 Å². The van der Waals surface area contributed by atoms with Crippen LogP contribution >= 0.6 is 0 Å². The third kappa shape index (κ3) is 4.20. The largest absolute Gasteiger partial charge is 0.367 e. The molecule has 3 aromatic rings. The van der Waals surface area contributed by atoms with Gasteiger partial charge in [-0.2, -0.15) is 0 Å². The number of carbonyl (C=O) groups excluding carboxylic acids is 1. The molecule has 1 amide bonds. The van der Waals surface area contributed by atoms with Gasteiger partial charge in [-0.15, -0.1) is 0 Å². The number of carbonyl (C=O) groups is 1. The summed E-state index contributed by atoms with van der Waals surface area (Å²) in [4.78, 5) is 14.7. The molecule has 3 aromatic carbocycles. The SMILES string of the molecule is Cc1ccc(CC(=O)Nc2ccc(N3CCc4ccccc4C3)cc2)cc1. The van der Waals surface area contributed by atoms with Crippen LogP contribution in [0.1, 0.15) is 22.3 Å². The summed E-state index contributed by atoms with van der Waals surface area (Å²) in [5.41, 5.74) is 7.12. The molecule has 1 aliphatic rings. The van der Waals surface area contributed by atoms with Gasteiger partial charge in [-0.25, -0.2) is 0 Å². The predicted molar refractivity (Wildman–Crippen MR) is 111 cm³/mol. The number of amides is 1. The van der Waals surface area contributed by atoms with E-state index in [9.17, 15) is 4.79 Å². The van der Waals surface area contributed by atoms with Gasteiger partial charge in [0.15, 0.2) is 0 Å². The zero-order chi connectivity index (χ0) is 18.6. The number of fused-ring (bicyclic) bond motifs is 1. The van der Waals surface area contributed by atoms with Gasteiger partial charge in [0.05, 0.1) is 6.42 Å². The smallest absolute Gasteiger partial charge is 0.228 e. The Kier molecular flexibility index (Phi) is 4.93. The van der Waals surface area contributed by atoms with Crippen molar-refractivity contribution in [2.75, 3.05) is 16.8 Å². The molecule has 1 heterocycles. The Morgan fingerprint density at radius 2 is 1.63 bits per heavy atom. The third-order valence-electron chi connectivity index (χ3n) is 5.13. The van der Waals surface area contributed by atoms with Crippen LogP contribution < -0.4 is 10.2 Å². The molecule has 0 spiro atoms. The molecule has 27 heavy (non-hydrogen) atoms. The molecule has 4 rings (SSSR count). The van der Waals surface area contributed by atoms with Crippen LogP contribution in [0.4, 0.5) is 11.4 Å². The molecular weight excluding hydrogens is 332 g/mol. The first-order chi connectivity index (χ1) is 13.2. The van der Waals surface area contributed by atoms with Crippen LogP contribution in [0.5, 0.6) is 0 Å². The molecule has 3 heteroatoms. The molecule has 0 unspecified atom stereocenters. The highest BCUT2D eigenvalue weighted by atomic mass is 16.1. The molecule has 0 aliphatic carbocycles. The van der Waals surface area contributed by atoms with E-state index in [0.717, 1.165) is 30.8 Å². The lowest BCUT2D eigenvalue weighted by molar-refractivity contribution is -0.115. The second-order valence-electron chi connectivity index (χ2n) is 7.20. The van der Waals surface area contributed by atoms with Gasteiger partial charge in [-0.1, -0.05) is 54.1 Å². The molecule has 136 valence electrons. The van der Waals surface area contributed by atoms with Crippen molar-refractivity contribution < 1.29 is 4.79 Å². The van der Waals surface area contributed by atoms with Crippen molar-refractivity contribution in [1.29, 1.82) is 0 Å². The Morgan fingerprint density at radius 1 is 0.926 bits per heavy atom. The number of hydrogen-bond donors (Lipinski definition) is 1. The van der Waals surface area contributed by atoms with E-state index < -0.39 is 0 Å². The minimum atomic E-state index is 0.0125. The Hall–Kier alpha value is -3.07. The Bertz CT molecular complexity index is 929. The van der Waals surface area contributed by atoms with Crippen LogP contribution in [0, 0.1) is 6.92 Å². The van der Waals surface area contributed by atoms with Crippen LogP contribution in [0.25, 0.3) is 0 Å². The maximum absolute atomic E-state index is 12.3. The molecule has 0 fully saturated rings. The lowest BCUT2D eigenvalue weighted by atomic mass is 9.99. The number of anilines is 2. The van der Waals surface area contributed by atoms with E-state index in [-0.39, 0.29) is 5.91 Å². The molecule has 1 N–H and O–H groups in total. The number of aryl methyl sites for hydroxylation is 1. The zero-order valence-electron chi connectivity index (χ0n) is 15.6. The first kappa shape index (κ1) is 17.3. The molecule has 1 aliphatic heterocycles. The lowest BCUT2D eigenvalue weighted by Crippen LogP contribution is -2.30. The number of benzene rings is 3. The number of nitrogens with zero attached hydrogens (tertiary/aromatic N) is 1. The second kappa shape index (κ2) is 7.67. The van der Waals surface area contributed by atoms with E-state index in [1.165, 1.54) is 22.4 Å². The average molecular weight is 356 g/mol. The minimum Gasteiger partial charge on any atom is -0.367 e. The highest BCUT2D eigenvalue weighted by Gasteiger charge is 2.16. The first-order valence-electron chi connectivity index (χ1n) is 9.44. The number of nitrogens with one attached hydrogen (secondary N) is 1. The monoisotopic (exact) mass is 356 g/mol. The fourth-order valence-electron chi connectivity index (χ4n) is 3.57. The Labute approximate surface area is 160 Å². The molecule has 0 bridgehead atoms. The van der Waals surface area contributed by atoms with E-state index in [2.05, 4.69) is 46.6 Å². The third-order valence-corrected chi connectivity index (χ3v) is 5.13. The Morgan fingerprint density at radius 3 is 2.37 bits per heavy atom. The number of hydrogen-bond acceptors (Lipinski definition) is 2. The van der Waals surface area contributed by atoms with Crippen molar-refractivity contribution in [3.05, 3.63) is 95.1 Å². The van der Waals surface area contributed by atoms with E-state index in [1.54, 1.807) is 0 Å². The molecule has 3 nitrogen and oxygen atoms in total. The molecule has 0 saturated carbocycles. The van der Waals surface area contributed by atoms with Crippen molar-refractivity contribution in [2.45, 2.75) is 26.3 Å². The molecule has 0 saturated heterocycles. The maximum atomic E-state index is 12.3. The summed E-state index contributed by atoms with van der Waals surface area (Å²) in [6, 6.07) is 24.9. The fourth-order valence-corrected chi connectivity index (χ4v) is 3.57. The van der Waals surface area contributed by atoms with Crippen LogP contribution in [0.2, 0.25) is 0 Å². The van der Waals surface area contributed by atoms with Gasteiger partial charge in [0, 0.05) is 24.5 Å². The highest BCUT2D eigenvalue weighted by molar-refractivity contribution is 5.92. The van der Waals surface area contributed by atoms with Crippen LogP contribution in [-0.4, -0.2) is 12.5 Å². The van der Waals surface area contributed by atoms with E-state index in [4.69, 9.17) is 0 Å². The Balaban J connectivity index is 1.38. The summed E-state index contributed by atoms with van der Waals surface area (Å²) in [6.45, 7) is 4.01. The summed E-state index contributed by atoms with van der Waals surface area (Å²) in [5, 5.41) is 2.99. The van der Waals surface area contributed by atoms with Gasteiger partial charge in [-0.3, -0.25) is 4.79 Å². The van der Waals surface area contributed by atoms with Gasteiger partial charge < -0.3 is 10.2 Å². The van der Waals surface area contributed by atoms with Gasteiger partial charge in [0.1, 0.15) is 0 Å². The maximum Gasteiger partial charge on any atom is 0.228 e. The summed E-state index contributed by atoms with van der Waals surface area (Å²) < 4.78 is 0. The van der Waals surface area contributed by atoms with Gasteiger partial charge in [0.25, 0.3) is 0 Å². The van der Waals surface area contributed by atoms with Crippen molar-refractivity contribution in [3.8, 4) is 0 Å². The van der Waals surface area contributed by atoms with Crippen molar-refractivity contribution in [3.63, 3.8) is 0 Å². The average Bonchev–Trinajstić information content (AvgIpc) is 2.70. The zero-order valence-corrected chi connectivity index (χ0v) is 15.6. The van der Waals surface area contributed by atoms with Crippen LogP contribution in [0.15, 0.2) is 72.8 Å². The molecule has 0 atom stereocenters. The highest BCUT2D eigenvalue weighted by Crippen LogP contribution is 2.25. The molecule has 0 radical (unpaired) electrons. The van der Waals surface area contributed by atoms with Crippen molar-refractivity contribution >= 4 is 17.3 Å². The number of rotatable bonds is 4. The van der Waals surface area contributed by atoms with Crippen LogP contribution in [0.3, 0.4) is 0 Å². The first-order valence-corrected chi connectivity index (χ1v) is 9.44.